The lowest BCUT2D eigenvalue weighted by molar-refractivity contribution is 0.0525. The van der Waals surface area contributed by atoms with Crippen molar-refractivity contribution in [3.05, 3.63) is 53.6 Å². The predicted octanol–water partition coefficient (Wildman–Crippen LogP) is 2.73. The molecule has 128 valence electrons. The molecule has 1 aliphatic carbocycles. The van der Waals surface area contributed by atoms with Crippen LogP contribution in [0, 0.1) is 11.7 Å². The van der Waals surface area contributed by atoms with Crippen LogP contribution >= 0.6 is 0 Å². The predicted molar refractivity (Wildman–Crippen MR) is 86.1 cm³/mol. The number of halogens is 1. The standard InChI is InChI=1S/C18H21FN2O3/c1-2-24-17(23)14-10-20-21(11-14)18(12-22,9-13-3-4-13)15-5-7-16(19)8-6-15/h5-8,10-11,13,22H,2-4,9,12H2,1H3/t18-/m0/s1. The zero-order valence-corrected chi connectivity index (χ0v) is 13.6. The zero-order valence-electron chi connectivity index (χ0n) is 13.6. The number of esters is 1. The van der Waals surface area contributed by atoms with Crippen LogP contribution in [0.15, 0.2) is 36.7 Å². The first-order valence-corrected chi connectivity index (χ1v) is 8.18. The Morgan fingerprint density at radius 1 is 1.42 bits per heavy atom. The Hall–Kier alpha value is -2.21. The van der Waals surface area contributed by atoms with Gasteiger partial charge >= 0.3 is 5.97 Å². The van der Waals surface area contributed by atoms with E-state index in [0.29, 0.717) is 17.9 Å². The largest absolute Gasteiger partial charge is 0.462 e. The molecule has 0 amide bonds. The molecule has 1 atom stereocenters. The van der Waals surface area contributed by atoms with Gasteiger partial charge in [0.25, 0.3) is 0 Å². The first kappa shape index (κ1) is 16.6. The number of hydrogen-bond acceptors (Lipinski definition) is 4. The summed E-state index contributed by atoms with van der Waals surface area (Å²) in [5.41, 5.74) is 0.309. The number of aliphatic hydroxyl groups is 1. The lowest BCUT2D eigenvalue weighted by atomic mass is 9.85. The molecular weight excluding hydrogens is 311 g/mol. The third kappa shape index (κ3) is 3.19. The van der Waals surface area contributed by atoms with Crippen molar-refractivity contribution in [2.45, 2.75) is 31.7 Å². The number of hydrogen-bond donors (Lipinski definition) is 1. The number of aromatic nitrogens is 2. The lowest BCUT2D eigenvalue weighted by Gasteiger charge is -2.33. The summed E-state index contributed by atoms with van der Waals surface area (Å²) in [5, 5.41) is 14.5. The van der Waals surface area contributed by atoms with Gasteiger partial charge in [-0.05, 0) is 37.0 Å². The molecule has 1 saturated carbocycles. The van der Waals surface area contributed by atoms with E-state index in [4.69, 9.17) is 4.74 Å². The second-order valence-corrected chi connectivity index (χ2v) is 6.24. The third-order valence-corrected chi connectivity index (χ3v) is 4.50. The van der Waals surface area contributed by atoms with E-state index in [9.17, 15) is 14.3 Å². The highest BCUT2D eigenvalue weighted by molar-refractivity contribution is 5.88. The van der Waals surface area contributed by atoms with E-state index in [1.165, 1.54) is 18.3 Å². The molecule has 1 aromatic heterocycles. The van der Waals surface area contributed by atoms with Crippen molar-refractivity contribution in [2.24, 2.45) is 5.92 Å². The summed E-state index contributed by atoms with van der Waals surface area (Å²) in [6, 6.07) is 6.09. The molecule has 0 aliphatic heterocycles. The fraction of sp³-hybridized carbons (Fsp3) is 0.444. The van der Waals surface area contributed by atoms with Crippen LogP contribution in [0.1, 0.15) is 42.1 Å². The second-order valence-electron chi connectivity index (χ2n) is 6.24. The number of carbonyl (C=O) groups is 1. The van der Waals surface area contributed by atoms with E-state index in [0.717, 1.165) is 18.4 Å². The molecule has 24 heavy (non-hydrogen) atoms. The zero-order chi connectivity index (χ0) is 17.2. The number of ether oxygens (including phenoxy) is 1. The first-order valence-electron chi connectivity index (χ1n) is 8.18. The molecule has 0 unspecified atom stereocenters. The smallest absolute Gasteiger partial charge is 0.341 e. The minimum Gasteiger partial charge on any atom is -0.462 e. The summed E-state index contributed by atoms with van der Waals surface area (Å²) in [6.07, 6.45) is 5.95. The molecule has 1 heterocycles. The summed E-state index contributed by atoms with van der Waals surface area (Å²) < 4.78 is 19.9. The van der Waals surface area contributed by atoms with Gasteiger partial charge in [0.1, 0.15) is 11.4 Å². The van der Waals surface area contributed by atoms with Crippen molar-refractivity contribution in [3.8, 4) is 0 Å². The molecule has 5 nitrogen and oxygen atoms in total. The topological polar surface area (TPSA) is 64.3 Å². The van der Waals surface area contributed by atoms with Gasteiger partial charge in [0, 0.05) is 6.20 Å². The van der Waals surface area contributed by atoms with Gasteiger partial charge in [-0.25, -0.2) is 9.18 Å². The Labute approximate surface area is 140 Å². The second kappa shape index (κ2) is 6.73. The molecule has 0 radical (unpaired) electrons. The van der Waals surface area contributed by atoms with Crippen molar-refractivity contribution < 1.29 is 19.0 Å². The minimum absolute atomic E-state index is 0.181. The summed E-state index contributed by atoms with van der Waals surface area (Å²) in [4.78, 5) is 11.9. The van der Waals surface area contributed by atoms with Crippen LogP contribution in [0.25, 0.3) is 0 Å². The molecule has 1 aliphatic rings. The first-order chi connectivity index (χ1) is 11.6. The van der Waals surface area contributed by atoms with Crippen LogP contribution in [0.5, 0.6) is 0 Å². The van der Waals surface area contributed by atoms with E-state index >= 15 is 0 Å². The fourth-order valence-corrected chi connectivity index (χ4v) is 3.01. The van der Waals surface area contributed by atoms with E-state index in [2.05, 4.69) is 5.10 Å². The average Bonchev–Trinajstić information content (AvgIpc) is 3.25. The Balaban J connectivity index is 2.00. The maximum Gasteiger partial charge on any atom is 0.341 e. The van der Waals surface area contributed by atoms with Crippen LogP contribution in [0.3, 0.4) is 0 Å². The Bertz CT molecular complexity index is 709. The van der Waals surface area contributed by atoms with Gasteiger partial charge in [-0.2, -0.15) is 5.10 Å². The van der Waals surface area contributed by atoms with Crippen molar-refractivity contribution in [3.63, 3.8) is 0 Å². The molecule has 0 spiro atoms. The molecule has 0 bridgehead atoms. The molecule has 1 fully saturated rings. The van der Waals surface area contributed by atoms with Crippen molar-refractivity contribution >= 4 is 5.97 Å². The molecule has 1 aromatic carbocycles. The maximum absolute atomic E-state index is 13.3. The molecule has 0 saturated heterocycles. The van der Waals surface area contributed by atoms with E-state index in [1.54, 1.807) is 29.9 Å². The maximum atomic E-state index is 13.3. The number of nitrogens with zero attached hydrogens (tertiary/aromatic N) is 2. The quantitative estimate of drug-likeness (QED) is 0.792. The highest BCUT2D eigenvalue weighted by Gasteiger charge is 2.40. The Morgan fingerprint density at radius 2 is 2.12 bits per heavy atom. The summed E-state index contributed by atoms with van der Waals surface area (Å²) in [5.74, 6) is -0.275. The summed E-state index contributed by atoms with van der Waals surface area (Å²) >= 11 is 0. The van der Waals surface area contributed by atoms with Crippen LogP contribution < -0.4 is 0 Å². The highest BCUT2D eigenvalue weighted by Crippen LogP contribution is 2.42. The van der Waals surface area contributed by atoms with Gasteiger partial charge in [0.05, 0.1) is 25.0 Å². The van der Waals surface area contributed by atoms with Crippen LogP contribution in [0.4, 0.5) is 4.39 Å². The molecule has 3 rings (SSSR count). The van der Waals surface area contributed by atoms with Crippen LogP contribution in [-0.2, 0) is 10.3 Å². The van der Waals surface area contributed by atoms with Crippen LogP contribution in [-0.4, -0.2) is 34.1 Å². The van der Waals surface area contributed by atoms with Gasteiger partial charge in [0.2, 0.25) is 0 Å². The van der Waals surface area contributed by atoms with Gasteiger partial charge in [0.15, 0.2) is 0 Å². The Kier molecular flexibility index (Phi) is 4.66. The van der Waals surface area contributed by atoms with E-state index in [-0.39, 0.29) is 19.0 Å². The summed E-state index contributed by atoms with van der Waals surface area (Å²) in [6.45, 7) is 1.85. The molecule has 6 heteroatoms. The highest BCUT2D eigenvalue weighted by atomic mass is 19.1. The Morgan fingerprint density at radius 3 is 2.71 bits per heavy atom. The van der Waals surface area contributed by atoms with Crippen molar-refractivity contribution in [1.82, 2.24) is 9.78 Å². The van der Waals surface area contributed by atoms with Crippen LogP contribution in [0.2, 0.25) is 0 Å². The minimum atomic E-state index is -0.806. The van der Waals surface area contributed by atoms with E-state index in [1.807, 2.05) is 0 Å². The number of carbonyl (C=O) groups excluding carboxylic acids is 1. The molecule has 2 aromatic rings. The number of rotatable bonds is 7. The number of aliphatic hydroxyl groups excluding tert-OH is 1. The number of benzene rings is 1. The fourth-order valence-electron chi connectivity index (χ4n) is 3.01. The van der Waals surface area contributed by atoms with Gasteiger partial charge < -0.3 is 9.84 Å². The van der Waals surface area contributed by atoms with E-state index < -0.39 is 11.5 Å². The summed E-state index contributed by atoms with van der Waals surface area (Å²) in [7, 11) is 0. The molecular formula is C18H21FN2O3. The van der Waals surface area contributed by atoms with Crippen molar-refractivity contribution in [1.29, 1.82) is 0 Å². The third-order valence-electron chi connectivity index (χ3n) is 4.50. The monoisotopic (exact) mass is 332 g/mol. The van der Waals surface area contributed by atoms with Gasteiger partial charge in [-0.15, -0.1) is 0 Å². The van der Waals surface area contributed by atoms with Crippen molar-refractivity contribution in [2.75, 3.05) is 13.2 Å². The van der Waals surface area contributed by atoms with Gasteiger partial charge in [-0.3, -0.25) is 4.68 Å². The average molecular weight is 332 g/mol. The van der Waals surface area contributed by atoms with Gasteiger partial charge in [-0.1, -0.05) is 25.0 Å². The lowest BCUT2D eigenvalue weighted by Crippen LogP contribution is -2.40. The normalized spacial score (nSPS) is 16.6. The SMILES string of the molecule is CCOC(=O)c1cnn([C@](CO)(CC2CC2)c2ccc(F)cc2)c1. The molecule has 1 N–H and O–H groups in total.